The molecule has 4 heteroatoms. The van der Waals surface area contributed by atoms with Crippen LogP contribution in [0.3, 0.4) is 0 Å². The van der Waals surface area contributed by atoms with Gasteiger partial charge in [-0.3, -0.25) is 0 Å². The van der Waals surface area contributed by atoms with Gasteiger partial charge in [0, 0.05) is 0 Å². The van der Waals surface area contributed by atoms with E-state index in [1.54, 1.807) is 12.5 Å². The molecule has 0 aromatic carbocycles. The Balaban J connectivity index is 0.000000360. The summed E-state index contributed by atoms with van der Waals surface area (Å²) in [7, 11) is 0. The molecule has 1 aromatic rings. The number of oxazole rings is 1. The van der Waals surface area contributed by atoms with Gasteiger partial charge in [0.1, 0.15) is 0 Å². The number of nitrogens with zero attached hydrogens (tertiary/aromatic N) is 1. The Labute approximate surface area is 57.4 Å². The SMILES string of the molecule is Cl.[Zn][c]1ncco1. The van der Waals surface area contributed by atoms with Crippen molar-refractivity contribution in [3.8, 4) is 0 Å². The van der Waals surface area contributed by atoms with E-state index < -0.39 is 0 Å². The predicted molar refractivity (Wildman–Crippen MR) is 23.4 cm³/mol. The minimum absolute atomic E-state index is 0. The average molecular weight is 170 g/mol. The normalized spacial score (nSPS) is 7.71. The second-order valence-corrected chi connectivity index (χ2v) is 2.19. The molecule has 1 aromatic heterocycles. The number of rotatable bonds is 0. The summed E-state index contributed by atoms with van der Waals surface area (Å²) in [5.74, 6) is 0. The molecule has 0 spiro atoms. The van der Waals surface area contributed by atoms with E-state index >= 15 is 0 Å². The molecule has 1 heterocycles. The van der Waals surface area contributed by atoms with Gasteiger partial charge in [-0.15, -0.1) is 12.4 Å². The van der Waals surface area contributed by atoms with Crippen LogP contribution in [0.2, 0.25) is 0 Å². The Morgan fingerprint density at radius 2 is 2.43 bits per heavy atom. The zero-order chi connectivity index (χ0) is 4.41. The maximum absolute atomic E-state index is 4.78. The van der Waals surface area contributed by atoms with Crippen LogP contribution in [-0.4, -0.2) is 4.98 Å². The molecule has 1 rings (SSSR count). The van der Waals surface area contributed by atoms with E-state index in [2.05, 4.69) is 4.98 Å². The first-order chi connectivity index (χ1) is 2.89. The average Bonchev–Trinajstić information content (AvgIpc) is 1.86. The molecule has 0 radical (unpaired) electrons. The fourth-order valence-corrected chi connectivity index (χ4v) is 0.676. The van der Waals surface area contributed by atoms with Crippen molar-refractivity contribution < 1.29 is 22.7 Å². The molecule has 0 aliphatic heterocycles. The molecule has 0 saturated heterocycles. The minimum atomic E-state index is 0. The Hall–Kier alpha value is 0.123. The van der Waals surface area contributed by atoms with Gasteiger partial charge in [0.15, 0.2) is 0 Å². The summed E-state index contributed by atoms with van der Waals surface area (Å²) in [6, 6.07) is 0. The van der Waals surface area contributed by atoms with E-state index in [1.165, 1.54) is 0 Å². The zero-order valence-electron chi connectivity index (χ0n) is 3.63. The van der Waals surface area contributed by atoms with Crippen molar-refractivity contribution in [2.75, 3.05) is 0 Å². The first kappa shape index (κ1) is 7.12. The summed E-state index contributed by atoms with van der Waals surface area (Å²) >= 11 is 1.01. The molecule has 0 aliphatic carbocycles. The van der Waals surface area contributed by atoms with Crippen molar-refractivity contribution in [2.24, 2.45) is 0 Å². The maximum atomic E-state index is 4.78. The molecule has 7 heavy (non-hydrogen) atoms. The van der Waals surface area contributed by atoms with E-state index in [9.17, 15) is 0 Å². The number of hydrogen-bond acceptors (Lipinski definition) is 2. The third-order valence-corrected chi connectivity index (χ3v) is 1.22. The number of hydrogen-bond donors (Lipinski definition) is 0. The van der Waals surface area contributed by atoms with Crippen molar-refractivity contribution in [2.45, 2.75) is 0 Å². The van der Waals surface area contributed by atoms with Crippen LogP contribution in [0.5, 0.6) is 0 Å². The molecule has 0 saturated carbocycles. The van der Waals surface area contributed by atoms with Crippen molar-refractivity contribution in [3.05, 3.63) is 12.5 Å². The van der Waals surface area contributed by atoms with Crippen LogP contribution in [0.25, 0.3) is 0 Å². The van der Waals surface area contributed by atoms with Crippen molar-refractivity contribution >= 4 is 16.9 Å². The Bertz CT molecular complexity index is 118. The fraction of sp³-hybridized carbons (Fsp3) is 0. The molecule has 0 atom stereocenters. The van der Waals surface area contributed by atoms with E-state index in [0.717, 1.165) is 22.8 Å². The Morgan fingerprint density at radius 3 is 2.57 bits per heavy atom. The molecular formula is C3H3ClNOZn. The van der Waals surface area contributed by atoms with Gasteiger partial charge >= 0.3 is 44.6 Å². The second kappa shape index (κ2) is 3.17. The van der Waals surface area contributed by atoms with Crippen molar-refractivity contribution in [1.29, 1.82) is 0 Å². The third-order valence-electron chi connectivity index (χ3n) is 0.483. The quantitative estimate of drug-likeness (QED) is 0.522. The van der Waals surface area contributed by atoms with Gasteiger partial charge in [-0.2, -0.15) is 0 Å². The van der Waals surface area contributed by atoms with Crippen LogP contribution >= 0.6 is 12.4 Å². The summed E-state index contributed by atoms with van der Waals surface area (Å²) in [4.78, 5) is 3.81. The van der Waals surface area contributed by atoms with Crippen molar-refractivity contribution in [1.82, 2.24) is 4.98 Å². The monoisotopic (exact) mass is 168 g/mol. The molecule has 0 bridgehead atoms. The van der Waals surface area contributed by atoms with Gasteiger partial charge in [-0.1, -0.05) is 0 Å². The summed E-state index contributed by atoms with van der Waals surface area (Å²) < 4.78 is 5.62. The fourth-order valence-electron chi connectivity index (χ4n) is 0.253. The van der Waals surface area contributed by atoms with E-state index in [-0.39, 0.29) is 12.4 Å². The predicted octanol–water partition coefficient (Wildman–Crippen LogP) is 0.269. The standard InChI is InChI=1S/C3H2NO.ClH.Zn/c1-2-5-3-4-1;;/h1-2H;1H;. The molecule has 0 unspecified atom stereocenters. The summed E-state index contributed by atoms with van der Waals surface area (Å²) in [6.45, 7) is 0. The summed E-state index contributed by atoms with van der Waals surface area (Å²) in [5, 5.41) is 0. The van der Waals surface area contributed by atoms with Crippen LogP contribution in [0.4, 0.5) is 0 Å². The molecule has 0 fully saturated rings. The van der Waals surface area contributed by atoms with Gasteiger partial charge in [0.25, 0.3) is 0 Å². The van der Waals surface area contributed by atoms with Gasteiger partial charge in [0.05, 0.1) is 0 Å². The summed E-state index contributed by atoms with van der Waals surface area (Å²) in [5.41, 5.74) is 0. The van der Waals surface area contributed by atoms with Gasteiger partial charge in [-0.25, -0.2) is 0 Å². The van der Waals surface area contributed by atoms with Gasteiger partial charge < -0.3 is 0 Å². The van der Waals surface area contributed by atoms with Crippen LogP contribution in [0.15, 0.2) is 16.9 Å². The zero-order valence-corrected chi connectivity index (χ0v) is 7.41. The van der Waals surface area contributed by atoms with Crippen LogP contribution in [0.1, 0.15) is 0 Å². The van der Waals surface area contributed by atoms with Crippen LogP contribution in [-0.2, 0) is 18.3 Å². The molecule has 35 valence electrons. The Kier molecular flexibility index (Phi) is 3.22. The number of aromatic nitrogens is 1. The first-order valence-corrected chi connectivity index (χ1v) is 3.09. The Morgan fingerprint density at radius 1 is 1.71 bits per heavy atom. The van der Waals surface area contributed by atoms with Gasteiger partial charge in [-0.05, 0) is 0 Å². The molecule has 0 aliphatic rings. The molecular weight excluding hydrogens is 167 g/mol. The van der Waals surface area contributed by atoms with Crippen LogP contribution < -0.4 is 4.49 Å². The second-order valence-electron chi connectivity index (χ2n) is 0.926. The van der Waals surface area contributed by atoms with Gasteiger partial charge in [0.2, 0.25) is 0 Å². The summed E-state index contributed by atoms with van der Waals surface area (Å²) in [6.07, 6.45) is 3.23. The first-order valence-electron chi connectivity index (χ1n) is 1.61. The van der Waals surface area contributed by atoms with E-state index in [1.807, 2.05) is 0 Å². The van der Waals surface area contributed by atoms with E-state index in [0.29, 0.717) is 0 Å². The molecule has 0 amide bonds. The third kappa shape index (κ3) is 2.05. The number of halogens is 1. The van der Waals surface area contributed by atoms with Crippen LogP contribution in [0, 0.1) is 0 Å². The molecule has 2 nitrogen and oxygen atoms in total. The van der Waals surface area contributed by atoms with Crippen molar-refractivity contribution in [3.63, 3.8) is 0 Å². The molecule has 0 N–H and O–H groups in total. The van der Waals surface area contributed by atoms with E-state index in [4.69, 9.17) is 4.42 Å². The topological polar surface area (TPSA) is 26.0 Å².